The van der Waals surface area contributed by atoms with Crippen LogP contribution in [0.4, 0.5) is 5.95 Å². The van der Waals surface area contributed by atoms with Gasteiger partial charge in [-0.25, -0.2) is 9.97 Å². The summed E-state index contributed by atoms with van der Waals surface area (Å²) >= 11 is 0. The van der Waals surface area contributed by atoms with Gasteiger partial charge in [-0.1, -0.05) is 0 Å². The van der Waals surface area contributed by atoms with Gasteiger partial charge in [0.05, 0.1) is 0 Å². The monoisotopic (exact) mass is 220 g/mol. The number of hydrogen-bond acceptors (Lipinski definition) is 5. The second-order valence-electron chi connectivity index (χ2n) is 3.83. The van der Waals surface area contributed by atoms with Crippen molar-refractivity contribution in [1.82, 2.24) is 14.9 Å². The Morgan fingerprint density at radius 3 is 2.50 bits per heavy atom. The molecular formula is C11H16N4O. The van der Waals surface area contributed by atoms with Gasteiger partial charge in [0.2, 0.25) is 5.95 Å². The second kappa shape index (κ2) is 5.55. The largest absolute Gasteiger partial charge is 0.338 e. The standard InChI is InChI=1S/C11H16N4O/c16-10-2-5-14-6-8-15(9-7-14)11-12-3-1-4-13-11/h1,3-4,10H,2,5-9H2. The first-order valence-corrected chi connectivity index (χ1v) is 5.58. The number of nitrogens with zero attached hydrogens (tertiary/aromatic N) is 4. The zero-order valence-corrected chi connectivity index (χ0v) is 9.25. The van der Waals surface area contributed by atoms with Gasteiger partial charge in [0.1, 0.15) is 6.29 Å². The molecule has 0 spiro atoms. The van der Waals surface area contributed by atoms with Crippen molar-refractivity contribution >= 4 is 12.2 Å². The number of rotatable bonds is 4. The van der Waals surface area contributed by atoms with Gasteiger partial charge in [-0.3, -0.25) is 4.90 Å². The highest BCUT2D eigenvalue weighted by Crippen LogP contribution is 2.09. The van der Waals surface area contributed by atoms with Gasteiger partial charge in [-0.05, 0) is 6.07 Å². The molecule has 1 aromatic heterocycles. The highest BCUT2D eigenvalue weighted by atomic mass is 16.1. The third-order valence-electron chi connectivity index (χ3n) is 2.77. The molecule has 0 bridgehead atoms. The molecule has 0 amide bonds. The number of aldehydes is 1. The lowest BCUT2D eigenvalue weighted by molar-refractivity contribution is -0.108. The summed E-state index contributed by atoms with van der Waals surface area (Å²) in [6.07, 6.45) is 5.14. The Morgan fingerprint density at radius 2 is 1.88 bits per heavy atom. The van der Waals surface area contributed by atoms with E-state index in [0.29, 0.717) is 6.42 Å². The summed E-state index contributed by atoms with van der Waals surface area (Å²) in [5, 5.41) is 0. The fourth-order valence-corrected chi connectivity index (χ4v) is 1.86. The lowest BCUT2D eigenvalue weighted by atomic mass is 10.3. The minimum atomic E-state index is 0.627. The summed E-state index contributed by atoms with van der Waals surface area (Å²) < 4.78 is 0. The van der Waals surface area contributed by atoms with Crippen LogP contribution in [-0.2, 0) is 4.79 Å². The molecule has 0 atom stereocenters. The first-order chi connectivity index (χ1) is 7.90. The zero-order chi connectivity index (χ0) is 11.2. The van der Waals surface area contributed by atoms with E-state index in [0.717, 1.165) is 45.0 Å². The maximum absolute atomic E-state index is 10.3. The number of aromatic nitrogens is 2. The third kappa shape index (κ3) is 2.76. The third-order valence-corrected chi connectivity index (χ3v) is 2.77. The van der Waals surface area contributed by atoms with E-state index in [4.69, 9.17) is 0 Å². The smallest absolute Gasteiger partial charge is 0.225 e. The van der Waals surface area contributed by atoms with E-state index in [1.807, 2.05) is 6.07 Å². The van der Waals surface area contributed by atoms with Crippen molar-refractivity contribution in [2.24, 2.45) is 0 Å². The van der Waals surface area contributed by atoms with E-state index in [2.05, 4.69) is 19.8 Å². The summed E-state index contributed by atoms with van der Waals surface area (Å²) in [6.45, 7) is 4.69. The fourth-order valence-electron chi connectivity index (χ4n) is 1.86. The Kier molecular flexibility index (Phi) is 3.82. The van der Waals surface area contributed by atoms with Crippen LogP contribution in [0, 0.1) is 0 Å². The summed E-state index contributed by atoms with van der Waals surface area (Å²) in [5.41, 5.74) is 0. The summed E-state index contributed by atoms with van der Waals surface area (Å²) in [7, 11) is 0. The molecule has 0 aromatic carbocycles. The lowest BCUT2D eigenvalue weighted by Gasteiger charge is -2.34. The summed E-state index contributed by atoms with van der Waals surface area (Å²) in [6, 6.07) is 1.82. The van der Waals surface area contributed by atoms with E-state index >= 15 is 0 Å². The molecule has 5 nitrogen and oxygen atoms in total. The maximum Gasteiger partial charge on any atom is 0.225 e. The number of carbonyl (C=O) groups is 1. The van der Waals surface area contributed by atoms with Crippen LogP contribution < -0.4 is 4.90 Å². The molecule has 1 saturated heterocycles. The predicted octanol–water partition coefficient (Wildman–Crippen LogP) is 0.188. The highest BCUT2D eigenvalue weighted by molar-refractivity contribution is 5.49. The summed E-state index contributed by atoms with van der Waals surface area (Å²) in [5.74, 6) is 0.803. The Bertz CT molecular complexity index is 322. The van der Waals surface area contributed by atoms with Crippen molar-refractivity contribution in [3.8, 4) is 0 Å². The molecule has 0 aliphatic carbocycles. The van der Waals surface area contributed by atoms with Crippen LogP contribution in [0.5, 0.6) is 0 Å². The number of piperazine rings is 1. The quantitative estimate of drug-likeness (QED) is 0.678. The van der Waals surface area contributed by atoms with Gasteiger partial charge in [0, 0.05) is 51.5 Å². The molecule has 1 aliphatic rings. The predicted molar refractivity (Wildman–Crippen MR) is 61.4 cm³/mol. The minimum absolute atomic E-state index is 0.627. The first-order valence-electron chi connectivity index (χ1n) is 5.58. The Hall–Kier alpha value is -1.49. The molecule has 1 fully saturated rings. The van der Waals surface area contributed by atoms with E-state index in [9.17, 15) is 4.79 Å². The molecule has 0 saturated carbocycles. The van der Waals surface area contributed by atoms with Gasteiger partial charge in [-0.2, -0.15) is 0 Å². The van der Waals surface area contributed by atoms with Crippen molar-refractivity contribution in [3.05, 3.63) is 18.5 Å². The van der Waals surface area contributed by atoms with Crippen LogP contribution in [0.3, 0.4) is 0 Å². The SMILES string of the molecule is O=CCCN1CCN(c2ncccn2)CC1. The molecule has 5 heteroatoms. The molecular weight excluding hydrogens is 204 g/mol. The van der Waals surface area contributed by atoms with Crippen LogP contribution in [-0.4, -0.2) is 53.9 Å². The average Bonchev–Trinajstić information content (AvgIpc) is 2.38. The molecule has 2 rings (SSSR count). The molecule has 2 heterocycles. The maximum atomic E-state index is 10.3. The molecule has 0 unspecified atom stereocenters. The van der Waals surface area contributed by atoms with Crippen LogP contribution in [0.15, 0.2) is 18.5 Å². The first kappa shape index (κ1) is 11.0. The lowest BCUT2D eigenvalue weighted by Crippen LogP contribution is -2.47. The average molecular weight is 220 g/mol. The topological polar surface area (TPSA) is 49.3 Å². The molecule has 1 aromatic rings. The van der Waals surface area contributed by atoms with Crippen molar-refractivity contribution in [3.63, 3.8) is 0 Å². The Balaban J connectivity index is 1.83. The number of hydrogen-bond donors (Lipinski definition) is 0. The van der Waals surface area contributed by atoms with E-state index < -0.39 is 0 Å². The van der Waals surface area contributed by atoms with Crippen molar-refractivity contribution in [2.45, 2.75) is 6.42 Å². The molecule has 0 N–H and O–H groups in total. The van der Waals surface area contributed by atoms with Crippen LogP contribution in [0.25, 0.3) is 0 Å². The van der Waals surface area contributed by atoms with E-state index in [-0.39, 0.29) is 0 Å². The van der Waals surface area contributed by atoms with Crippen molar-refractivity contribution in [2.75, 3.05) is 37.6 Å². The van der Waals surface area contributed by atoms with Crippen molar-refractivity contribution < 1.29 is 4.79 Å². The summed E-state index contributed by atoms with van der Waals surface area (Å²) in [4.78, 5) is 23.2. The Morgan fingerprint density at radius 1 is 1.19 bits per heavy atom. The highest BCUT2D eigenvalue weighted by Gasteiger charge is 2.17. The van der Waals surface area contributed by atoms with Crippen molar-refractivity contribution in [1.29, 1.82) is 0 Å². The molecule has 16 heavy (non-hydrogen) atoms. The number of carbonyl (C=O) groups excluding carboxylic acids is 1. The van der Waals surface area contributed by atoms with E-state index in [1.54, 1.807) is 12.4 Å². The zero-order valence-electron chi connectivity index (χ0n) is 9.25. The molecule has 0 radical (unpaired) electrons. The number of anilines is 1. The van der Waals surface area contributed by atoms with Gasteiger partial charge in [-0.15, -0.1) is 0 Å². The fraction of sp³-hybridized carbons (Fsp3) is 0.545. The molecule has 86 valence electrons. The van der Waals surface area contributed by atoms with Gasteiger partial charge < -0.3 is 9.69 Å². The second-order valence-corrected chi connectivity index (χ2v) is 3.83. The van der Waals surface area contributed by atoms with Gasteiger partial charge in [0.25, 0.3) is 0 Å². The van der Waals surface area contributed by atoms with Crippen LogP contribution >= 0.6 is 0 Å². The Labute approximate surface area is 95.1 Å². The van der Waals surface area contributed by atoms with Crippen LogP contribution in [0.1, 0.15) is 6.42 Å². The molecule has 1 aliphatic heterocycles. The normalized spacial score (nSPS) is 17.4. The van der Waals surface area contributed by atoms with E-state index in [1.165, 1.54) is 0 Å². The van der Waals surface area contributed by atoms with Gasteiger partial charge in [0.15, 0.2) is 0 Å². The van der Waals surface area contributed by atoms with Gasteiger partial charge >= 0.3 is 0 Å². The minimum Gasteiger partial charge on any atom is -0.338 e. The van der Waals surface area contributed by atoms with Crippen LogP contribution in [0.2, 0.25) is 0 Å².